The van der Waals surface area contributed by atoms with Crippen molar-refractivity contribution in [2.24, 2.45) is 0 Å². The van der Waals surface area contributed by atoms with Gasteiger partial charge in [0.25, 0.3) is 5.91 Å². The number of carbonyl (C=O) groups excluding carboxylic acids is 2. The van der Waals surface area contributed by atoms with Gasteiger partial charge in [-0.1, -0.05) is 6.07 Å². The van der Waals surface area contributed by atoms with Crippen LogP contribution >= 0.6 is 11.3 Å². The average Bonchev–Trinajstić information content (AvgIpc) is 3.20. The first-order valence-electron chi connectivity index (χ1n) is 8.70. The van der Waals surface area contributed by atoms with Crippen molar-refractivity contribution in [2.75, 3.05) is 20.2 Å². The zero-order chi connectivity index (χ0) is 19.8. The van der Waals surface area contributed by atoms with Gasteiger partial charge in [-0.25, -0.2) is 4.98 Å². The summed E-state index contributed by atoms with van der Waals surface area (Å²) in [6.07, 6.45) is 1.90. The van der Waals surface area contributed by atoms with Crippen LogP contribution in [0.25, 0.3) is 10.7 Å². The molecule has 3 rings (SSSR count). The molecule has 0 saturated carbocycles. The lowest BCUT2D eigenvalue weighted by molar-refractivity contribution is -0.120. The summed E-state index contributed by atoms with van der Waals surface area (Å²) in [5.41, 5.74) is 2.03. The lowest BCUT2D eigenvalue weighted by atomic mass is 10.2. The Kier molecular flexibility index (Phi) is 6.69. The Morgan fingerprint density at radius 2 is 1.86 bits per heavy atom. The Balaban J connectivity index is 1.40. The molecule has 7 nitrogen and oxygen atoms in total. The normalized spacial score (nSPS) is 10.3. The van der Waals surface area contributed by atoms with Gasteiger partial charge < -0.3 is 15.4 Å². The number of rotatable bonds is 8. The van der Waals surface area contributed by atoms with Gasteiger partial charge in [-0.15, -0.1) is 11.3 Å². The van der Waals surface area contributed by atoms with Crippen LogP contribution in [0.1, 0.15) is 16.1 Å². The molecule has 2 heterocycles. The number of benzene rings is 1. The van der Waals surface area contributed by atoms with Gasteiger partial charge in [0.2, 0.25) is 5.91 Å². The molecule has 2 amide bonds. The van der Waals surface area contributed by atoms with E-state index >= 15 is 0 Å². The predicted molar refractivity (Wildman–Crippen MR) is 107 cm³/mol. The van der Waals surface area contributed by atoms with E-state index in [9.17, 15) is 9.59 Å². The largest absolute Gasteiger partial charge is 0.497 e. The lowest BCUT2D eigenvalue weighted by Gasteiger charge is -2.07. The number of thiazole rings is 1. The van der Waals surface area contributed by atoms with Crippen LogP contribution in [0.3, 0.4) is 0 Å². The van der Waals surface area contributed by atoms with E-state index in [2.05, 4.69) is 20.6 Å². The highest BCUT2D eigenvalue weighted by atomic mass is 32.1. The number of nitrogens with zero attached hydrogens (tertiary/aromatic N) is 2. The Bertz CT molecular complexity index is 926. The van der Waals surface area contributed by atoms with Crippen LogP contribution < -0.4 is 15.4 Å². The third-order valence-electron chi connectivity index (χ3n) is 3.86. The van der Waals surface area contributed by atoms with Gasteiger partial charge in [0, 0.05) is 30.2 Å². The highest BCUT2D eigenvalue weighted by Gasteiger charge is 2.10. The summed E-state index contributed by atoms with van der Waals surface area (Å²) >= 11 is 1.46. The number of amides is 2. The van der Waals surface area contributed by atoms with E-state index < -0.39 is 0 Å². The molecule has 3 aromatic rings. The fourth-order valence-corrected chi connectivity index (χ4v) is 3.24. The van der Waals surface area contributed by atoms with Crippen molar-refractivity contribution in [1.29, 1.82) is 0 Å². The molecule has 0 radical (unpaired) electrons. The maximum absolute atomic E-state index is 12.1. The molecule has 0 aliphatic heterocycles. The second-order valence-corrected chi connectivity index (χ2v) is 6.73. The second kappa shape index (κ2) is 9.61. The minimum absolute atomic E-state index is 0.142. The summed E-state index contributed by atoms with van der Waals surface area (Å²) in [7, 11) is 1.57. The molecule has 0 saturated heterocycles. The number of nitrogens with one attached hydrogen (secondary N) is 2. The Hall–Kier alpha value is -3.26. The van der Waals surface area contributed by atoms with Crippen molar-refractivity contribution in [2.45, 2.75) is 6.42 Å². The van der Waals surface area contributed by atoms with Crippen molar-refractivity contribution in [3.8, 4) is 16.5 Å². The number of carbonyl (C=O) groups is 2. The lowest BCUT2D eigenvalue weighted by Crippen LogP contribution is -2.35. The van der Waals surface area contributed by atoms with Crippen molar-refractivity contribution in [1.82, 2.24) is 20.6 Å². The van der Waals surface area contributed by atoms with Crippen molar-refractivity contribution in [3.05, 3.63) is 65.3 Å². The van der Waals surface area contributed by atoms with Crippen LogP contribution in [0, 0.1) is 0 Å². The Morgan fingerprint density at radius 3 is 2.57 bits per heavy atom. The number of aromatic nitrogens is 2. The topological polar surface area (TPSA) is 93.2 Å². The molecule has 0 spiro atoms. The maximum Gasteiger partial charge on any atom is 0.251 e. The van der Waals surface area contributed by atoms with Crippen LogP contribution in [0.2, 0.25) is 0 Å². The number of hydrogen-bond donors (Lipinski definition) is 2. The Morgan fingerprint density at radius 1 is 1.07 bits per heavy atom. The predicted octanol–water partition coefficient (Wildman–Crippen LogP) is 2.30. The number of pyridine rings is 1. The van der Waals surface area contributed by atoms with Gasteiger partial charge in [0.1, 0.15) is 10.8 Å². The monoisotopic (exact) mass is 396 g/mol. The average molecular weight is 396 g/mol. The van der Waals surface area contributed by atoms with Gasteiger partial charge >= 0.3 is 0 Å². The summed E-state index contributed by atoms with van der Waals surface area (Å²) in [6, 6.07) is 12.5. The quantitative estimate of drug-likeness (QED) is 0.570. The highest BCUT2D eigenvalue weighted by Crippen LogP contribution is 2.21. The van der Waals surface area contributed by atoms with E-state index in [1.807, 2.05) is 23.6 Å². The third kappa shape index (κ3) is 5.37. The van der Waals surface area contributed by atoms with E-state index in [0.29, 0.717) is 30.1 Å². The number of hydrogen-bond acceptors (Lipinski definition) is 6. The summed E-state index contributed by atoms with van der Waals surface area (Å²) in [6.45, 7) is 0.685. The standard InChI is InChI=1S/C20H20N4O3S/c1-27-16-7-5-14(6-8-16)19(26)23-11-10-22-18(25)12-15-13-28-20(24-15)17-4-2-3-9-21-17/h2-9,13H,10-12H2,1H3,(H,22,25)(H,23,26). The van der Waals surface area contributed by atoms with Crippen LogP contribution in [0.5, 0.6) is 5.75 Å². The molecule has 0 fully saturated rings. The SMILES string of the molecule is COc1ccc(C(=O)NCCNC(=O)Cc2csc(-c3ccccn3)n2)cc1. The van der Waals surface area contributed by atoms with Crippen LogP contribution in [0.4, 0.5) is 0 Å². The minimum atomic E-state index is -0.198. The first kappa shape index (κ1) is 19.5. The molecular weight excluding hydrogens is 376 g/mol. The van der Waals surface area contributed by atoms with E-state index in [-0.39, 0.29) is 18.2 Å². The van der Waals surface area contributed by atoms with Crippen molar-refractivity contribution in [3.63, 3.8) is 0 Å². The van der Waals surface area contributed by atoms with Gasteiger partial charge in [-0.3, -0.25) is 14.6 Å². The minimum Gasteiger partial charge on any atom is -0.497 e. The number of ether oxygens (including phenoxy) is 1. The fraction of sp³-hybridized carbons (Fsp3) is 0.200. The molecule has 0 unspecified atom stereocenters. The molecule has 28 heavy (non-hydrogen) atoms. The van der Waals surface area contributed by atoms with Crippen molar-refractivity contribution < 1.29 is 14.3 Å². The molecule has 144 valence electrons. The first-order valence-corrected chi connectivity index (χ1v) is 9.58. The van der Waals surface area contributed by atoms with Crippen molar-refractivity contribution >= 4 is 23.2 Å². The van der Waals surface area contributed by atoms with Crippen LogP contribution in [-0.2, 0) is 11.2 Å². The zero-order valence-electron chi connectivity index (χ0n) is 15.3. The van der Waals surface area contributed by atoms with E-state index in [1.54, 1.807) is 37.6 Å². The highest BCUT2D eigenvalue weighted by molar-refractivity contribution is 7.13. The van der Waals surface area contributed by atoms with Gasteiger partial charge in [0.05, 0.1) is 24.9 Å². The van der Waals surface area contributed by atoms with Gasteiger partial charge in [-0.05, 0) is 36.4 Å². The van der Waals surface area contributed by atoms with Gasteiger partial charge in [-0.2, -0.15) is 0 Å². The van der Waals surface area contributed by atoms with E-state index in [1.165, 1.54) is 11.3 Å². The van der Waals surface area contributed by atoms with E-state index in [4.69, 9.17) is 4.74 Å². The summed E-state index contributed by atoms with van der Waals surface area (Å²) in [5, 5.41) is 8.19. The molecular formula is C20H20N4O3S. The summed E-state index contributed by atoms with van der Waals surface area (Å²) in [4.78, 5) is 32.8. The molecule has 8 heteroatoms. The summed E-state index contributed by atoms with van der Waals surface area (Å²) < 4.78 is 5.06. The zero-order valence-corrected chi connectivity index (χ0v) is 16.2. The summed E-state index contributed by atoms with van der Waals surface area (Å²) in [5.74, 6) is 0.352. The first-order chi connectivity index (χ1) is 13.7. The molecule has 2 N–H and O–H groups in total. The fourth-order valence-electron chi connectivity index (χ4n) is 2.44. The molecule has 0 aliphatic carbocycles. The second-order valence-electron chi connectivity index (χ2n) is 5.87. The maximum atomic E-state index is 12.1. The molecule has 0 aliphatic rings. The molecule has 0 bridgehead atoms. The molecule has 2 aromatic heterocycles. The number of methoxy groups -OCH3 is 1. The van der Waals surface area contributed by atoms with Crippen LogP contribution in [0.15, 0.2) is 54.0 Å². The van der Waals surface area contributed by atoms with E-state index in [0.717, 1.165) is 10.7 Å². The smallest absolute Gasteiger partial charge is 0.251 e. The Labute approximate surface area is 166 Å². The molecule has 1 aromatic carbocycles. The third-order valence-corrected chi connectivity index (χ3v) is 4.78. The molecule has 0 atom stereocenters. The van der Waals surface area contributed by atoms with Gasteiger partial charge in [0.15, 0.2) is 0 Å². The van der Waals surface area contributed by atoms with Crippen LogP contribution in [-0.4, -0.2) is 42.0 Å².